The van der Waals surface area contributed by atoms with Gasteiger partial charge in [0.2, 0.25) is 6.33 Å². The Hall–Kier alpha value is -1.61. The second kappa shape index (κ2) is 9.54. The zero-order valence-corrected chi connectivity index (χ0v) is 15.5. The highest BCUT2D eigenvalue weighted by molar-refractivity contribution is 8.13. The molecule has 0 aliphatic carbocycles. The Morgan fingerprint density at radius 3 is 1.93 bits per heavy atom. The summed E-state index contributed by atoms with van der Waals surface area (Å²) >= 11 is 0. The fourth-order valence-electron chi connectivity index (χ4n) is 1.38. The largest absolute Gasteiger partial charge is 0.480 e. The van der Waals surface area contributed by atoms with Crippen LogP contribution in [-0.4, -0.2) is 32.4 Å². The number of nitrogens with zero attached hydrogens (tertiary/aromatic N) is 3. The molecule has 1 heterocycles. The van der Waals surface area contributed by atoms with Gasteiger partial charge in [0.05, 0.1) is 6.54 Å². The van der Waals surface area contributed by atoms with Gasteiger partial charge in [-0.1, -0.05) is 26.0 Å². The first kappa shape index (κ1) is 25.4. The van der Waals surface area contributed by atoms with Crippen molar-refractivity contribution in [3.05, 3.63) is 35.5 Å². The molecule has 0 aliphatic heterocycles. The Kier molecular flexibility index (Phi) is 8.98. The number of hydrogen-bond acceptors (Lipinski definition) is 4. The van der Waals surface area contributed by atoms with Crippen LogP contribution in [0.3, 0.4) is 0 Å². The SMILES string of the molecule is C=CCn1cc[n+](CCCC)c1.O=S(=O)([N-]S(=O)(=O)C(F)(F)F)C(F)(F)F. The van der Waals surface area contributed by atoms with Crippen LogP contribution in [0.2, 0.25) is 0 Å². The number of unbranched alkanes of at least 4 members (excludes halogenated alkanes) is 1. The van der Waals surface area contributed by atoms with Gasteiger partial charge in [-0.3, -0.25) is 0 Å². The lowest BCUT2D eigenvalue weighted by Gasteiger charge is -2.22. The van der Waals surface area contributed by atoms with Crippen LogP contribution in [0.4, 0.5) is 26.3 Å². The molecule has 0 fully saturated rings. The quantitative estimate of drug-likeness (QED) is 0.367. The van der Waals surface area contributed by atoms with E-state index in [1.807, 2.05) is 6.08 Å². The lowest BCUT2D eigenvalue weighted by molar-refractivity contribution is -0.696. The summed E-state index contributed by atoms with van der Waals surface area (Å²) in [7, 11) is -13.4. The second-order valence-electron chi connectivity index (χ2n) is 4.91. The van der Waals surface area contributed by atoms with Gasteiger partial charge in [0.25, 0.3) is 0 Å². The highest BCUT2D eigenvalue weighted by Gasteiger charge is 2.46. The summed E-state index contributed by atoms with van der Waals surface area (Å²) in [6.45, 7) is 7.93. The Morgan fingerprint density at radius 1 is 1.07 bits per heavy atom. The minimum atomic E-state index is -6.72. The van der Waals surface area contributed by atoms with Gasteiger partial charge < -0.3 is 4.13 Å². The van der Waals surface area contributed by atoms with Crippen molar-refractivity contribution in [3.63, 3.8) is 0 Å². The molecule has 0 bridgehead atoms. The van der Waals surface area contributed by atoms with Gasteiger partial charge in [0, 0.05) is 0 Å². The average molecular weight is 445 g/mol. The topological polar surface area (TPSA) is 91.2 Å². The van der Waals surface area contributed by atoms with E-state index in [4.69, 9.17) is 0 Å². The van der Waals surface area contributed by atoms with Gasteiger partial charge in [-0.2, -0.15) is 26.3 Å². The Balaban J connectivity index is 0.000000511. The molecule has 0 aliphatic rings. The molecular formula is C12H17F6N3O4S2. The zero-order chi connectivity index (χ0) is 21.5. The van der Waals surface area contributed by atoms with E-state index >= 15 is 0 Å². The molecule has 0 N–H and O–H groups in total. The maximum absolute atomic E-state index is 11.4. The number of hydrogen-bond donors (Lipinski definition) is 0. The van der Waals surface area contributed by atoms with Crippen LogP contribution >= 0.6 is 0 Å². The molecule has 0 amide bonds. The predicted octanol–water partition coefficient (Wildman–Crippen LogP) is 2.82. The van der Waals surface area contributed by atoms with E-state index < -0.39 is 31.1 Å². The molecule has 0 saturated carbocycles. The molecule has 15 heteroatoms. The van der Waals surface area contributed by atoms with Gasteiger partial charge in [-0.25, -0.2) is 26.0 Å². The summed E-state index contributed by atoms with van der Waals surface area (Å²) in [6.07, 6.45) is 10.7. The van der Waals surface area contributed by atoms with E-state index in [-0.39, 0.29) is 0 Å². The van der Waals surface area contributed by atoms with Crippen LogP contribution in [0.15, 0.2) is 31.4 Å². The van der Waals surface area contributed by atoms with Crippen molar-refractivity contribution in [2.24, 2.45) is 0 Å². The van der Waals surface area contributed by atoms with Crippen LogP contribution in [0.25, 0.3) is 4.13 Å². The van der Waals surface area contributed by atoms with Crippen molar-refractivity contribution >= 4 is 20.0 Å². The zero-order valence-electron chi connectivity index (χ0n) is 13.9. The van der Waals surface area contributed by atoms with Crippen molar-refractivity contribution in [3.8, 4) is 0 Å². The predicted molar refractivity (Wildman–Crippen MR) is 83.0 cm³/mol. The summed E-state index contributed by atoms with van der Waals surface area (Å²) in [6, 6.07) is 0. The summed E-state index contributed by atoms with van der Waals surface area (Å²) < 4.78 is 114. The summed E-state index contributed by atoms with van der Waals surface area (Å²) in [4.78, 5) is 0. The Bertz CT molecular complexity index is 771. The lowest BCUT2D eigenvalue weighted by Crippen LogP contribution is -2.30. The van der Waals surface area contributed by atoms with E-state index in [1.165, 1.54) is 12.8 Å². The van der Waals surface area contributed by atoms with Crippen LogP contribution in [0.1, 0.15) is 19.8 Å². The number of sulfonamides is 2. The molecule has 1 aromatic heterocycles. The van der Waals surface area contributed by atoms with E-state index in [2.05, 4.69) is 41.4 Å². The van der Waals surface area contributed by atoms with Crippen LogP contribution < -0.4 is 4.57 Å². The third-order valence-corrected chi connectivity index (χ3v) is 5.38. The molecule has 0 unspecified atom stereocenters. The summed E-state index contributed by atoms with van der Waals surface area (Å²) in [5, 5.41) is 0. The lowest BCUT2D eigenvalue weighted by atomic mass is 10.3. The molecule has 0 saturated heterocycles. The van der Waals surface area contributed by atoms with Crippen molar-refractivity contribution in [2.75, 3.05) is 0 Å². The first-order chi connectivity index (χ1) is 12.1. The molecule has 27 heavy (non-hydrogen) atoms. The Morgan fingerprint density at radius 2 is 1.56 bits per heavy atom. The molecule has 0 atom stereocenters. The number of halogens is 6. The monoisotopic (exact) mass is 445 g/mol. The van der Waals surface area contributed by atoms with Crippen molar-refractivity contribution in [1.29, 1.82) is 0 Å². The number of rotatable bonds is 7. The average Bonchev–Trinajstić information content (AvgIpc) is 2.90. The van der Waals surface area contributed by atoms with E-state index in [1.54, 1.807) is 0 Å². The number of allylic oxidation sites excluding steroid dienone is 1. The molecule has 7 nitrogen and oxygen atoms in total. The third-order valence-electron chi connectivity index (χ3n) is 2.64. The number of imidazole rings is 1. The van der Waals surface area contributed by atoms with Gasteiger partial charge in [0.1, 0.15) is 18.9 Å². The minimum absolute atomic E-state index is 0.778. The second-order valence-corrected chi connectivity index (χ2v) is 8.33. The minimum Gasteiger partial charge on any atom is -0.421 e. The normalized spacial score (nSPS) is 13.0. The molecule has 1 aromatic rings. The first-order valence-electron chi connectivity index (χ1n) is 7.10. The van der Waals surface area contributed by atoms with Crippen molar-refractivity contribution in [1.82, 2.24) is 4.57 Å². The number of aromatic nitrogens is 2. The van der Waals surface area contributed by atoms with Crippen LogP contribution in [-0.2, 0) is 33.1 Å². The van der Waals surface area contributed by atoms with Crippen LogP contribution in [0, 0.1) is 0 Å². The number of aryl methyl sites for hydroxylation is 1. The molecule has 0 aromatic carbocycles. The highest BCUT2D eigenvalue weighted by Crippen LogP contribution is 2.36. The molecule has 0 radical (unpaired) electrons. The van der Waals surface area contributed by atoms with Gasteiger partial charge >= 0.3 is 11.0 Å². The van der Waals surface area contributed by atoms with E-state index in [9.17, 15) is 43.2 Å². The van der Waals surface area contributed by atoms with Crippen molar-refractivity contribution < 1.29 is 47.7 Å². The van der Waals surface area contributed by atoms with E-state index in [0.717, 1.165) is 17.2 Å². The molecular weight excluding hydrogens is 428 g/mol. The third kappa shape index (κ3) is 8.30. The van der Waals surface area contributed by atoms with E-state index in [0.29, 0.717) is 0 Å². The fourth-order valence-corrected chi connectivity index (χ4v) is 3.09. The maximum atomic E-state index is 11.4. The smallest absolute Gasteiger partial charge is 0.421 e. The van der Waals surface area contributed by atoms with Crippen molar-refractivity contribution in [2.45, 2.75) is 43.9 Å². The summed E-state index contributed by atoms with van der Waals surface area (Å²) in [5.74, 6) is 0. The Labute approximate surface area is 152 Å². The standard InChI is InChI=1S/C10H17N2.C2F6NO4S2/c1-3-5-7-12-9-8-11(10-12)6-4-2;3-1(4,5)14(10,11)9-15(12,13)2(6,7)8/h4,8-10H,2-3,5-7H2,1H3;/q+1;-1. The number of alkyl halides is 6. The highest BCUT2D eigenvalue weighted by atomic mass is 32.3. The van der Waals surface area contributed by atoms with Gasteiger partial charge in [-0.05, 0) is 6.42 Å². The first-order valence-corrected chi connectivity index (χ1v) is 9.98. The van der Waals surface area contributed by atoms with Gasteiger partial charge in [0.15, 0.2) is 20.0 Å². The fraction of sp³-hybridized carbons (Fsp3) is 0.583. The van der Waals surface area contributed by atoms with Crippen LogP contribution in [0.5, 0.6) is 0 Å². The summed E-state index contributed by atoms with van der Waals surface area (Å²) in [5.41, 5.74) is -12.4. The molecule has 0 spiro atoms. The van der Waals surface area contributed by atoms with Gasteiger partial charge in [-0.15, -0.1) is 0 Å². The molecule has 158 valence electrons. The maximum Gasteiger partial charge on any atom is 0.480 e. The molecule has 1 rings (SSSR count).